The summed E-state index contributed by atoms with van der Waals surface area (Å²) in [5.41, 5.74) is 1.27. The van der Waals surface area contributed by atoms with Crippen molar-refractivity contribution in [3.8, 4) is 11.8 Å². The molecule has 142 valence electrons. The molecule has 0 spiro atoms. The molecule has 0 radical (unpaired) electrons. The lowest BCUT2D eigenvalue weighted by molar-refractivity contribution is -0.112. The zero-order valence-electron chi connectivity index (χ0n) is 15.4. The number of carbonyl (C=O) groups excluding carboxylic acids is 1. The number of aromatic nitrogens is 3. The molecule has 0 unspecified atom stereocenters. The molecule has 3 rings (SSSR count). The Morgan fingerprint density at radius 1 is 1.32 bits per heavy atom. The number of nitrogens with one attached hydrogen (secondary N) is 1. The molecule has 28 heavy (non-hydrogen) atoms. The average molecular weight is 395 g/mol. The highest BCUT2D eigenvalue weighted by molar-refractivity contribution is 7.15. The third-order valence-electron chi connectivity index (χ3n) is 3.81. The van der Waals surface area contributed by atoms with Gasteiger partial charge in [-0.1, -0.05) is 25.2 Å². The number of hydrogen-bond acceptors (Lipinski definition) is 5. The van der Waals surface area contributed by atoms with E-state index in [-0.39, 0.29) is 11.4 Å². The molecule has 2 heterocycles. The fourth-order valence-electron chi connectivity index (χ4n) is 2.55. The molecule has 8 heteroatoms. The number of anilines is 1. The van der Waals surface area contributed by atoms with E-state index in [1.807, 2.05) is 6.07 Å². The van der Waals surface area contributed by atoms with Crippen LogP contribution in [0.1, 0.15) is 24.5 Å². The van der Waals surface area contributed by atoms with E-state index in [1.165, 1.54) is 29.5 Å². The van der Waals surface area contributed by atoms with Crippen molar-refractivity contribution >= 4 is 28.5 Å². The maximum Gasteiger partial charge on any atom is 0.268 e. The van der Waals surface area contributed by atoms with Crippen LogP contribution >= 0.6 is 11.3 Å². The van der Waals surface area contributed by atoms with Crippen LogP contribution in [0.25, 0.3) is 11.8 Å². The van der Waals surface area contributed by atoms with Gasteiger partial charge < -0.3 is 4.57 Å². The van der Waals surface area contributed by atoms with E-state index >= 15 is 0 Å². The second-order valence-electron chi connectivity index (χ2n) is 6.50. The van der Waals surface area contributed by atoms with Crippen molar-refractivity contribution in [3.63, 3.8) is 0 Å². The molecule has 0 atom stereocenters. The van der Waals surface area contributed by atoms with Gasteiger partial charge in [0, 0.05) is 24.0 Å². The van der Waals surface area contributed by atoms with Crippen LogP contribution in [0.3, 0.4) is 0 Å². The lowest BCUT2D eigenvalue weighted by Gasteiger charge is -2.07. The Morgan fingerprint density at radius 2 is 2.07 bits per heavy atom. The predicted molar refractivity (Wildman–Crippen MR) is 106 cm³/mol. The van der Waals surface area contributed by atoms with Crippen molar-refractivity contribution in [1.29, 1.82) is 5.26 Å². The van der Waals surface area contributed by atoms with Crippen molar-refractivity contribution in [3.05, 3.63) is 64.7 Å². The maximum atomic E-state index is 13.2. The van der Waals surface area contributed by atoms with E-state index in [2.05, 4.69) is 29.4 Å². The second kappa shape index (κ2) is 8.59. The first-order valence-corrected chi connectivity index (χ1v) is 9.46. The van der Waals surface area contributed by atoms with Gasteiger partial charge in [-0.2, -0.15) is 5.26 Å². The number of hydrogen-bond donors (Lipinski definition) is 1. The third kappa shape index (κ3) is 4.69. The van der Waals surface area contributed by atoms with E-state index in [4.69, 9.17) is 0 Å². The lowest BCUT2D eigenvalue weighted by atomic mass is 10.1. The Balaban J connectivity index is 1.80. The summed E-state index contributed by atoms with van der Waals surface area (Å²) in [6, 6.07) is 11.4. The highest BCUT2D eigenvalue weighted by Gasteiger charge is 2.14. The van der Waals surface area contributed by atoms with E-state index in [9.17, 15) is 14.4 Å². The first kappa shape index (κ1) is 19.5. The fourth-order valence-corrected chi connectivity index (χ4v) is 3.49. The molecular weight excluding hydrogens is 377 g/mol. The molecule has 1 N–H and O–H groups in total. The third-order valence-corrected chi connectivity index (χ3v) is 4.67. The Kier molecular flexibility index (Phi) is 5.96. The zero-order chi connectivity index (χ0) is 20.1. The van der Waals surface area contributed by atoms with Crippen LogP contribution in [0.4, 0.5) is 9.52 Å². The summed E-state index contributed by atoms with van der Waals surface area (Å²) in [6.07, 6.45) is 4.03. The zero-order valence-corrected chi connectivity index (χ0v) is 16.2. The molecule has 2 aromatic heterocycles. The number of amides is 1. The van der Waals surface area contributed by atoms with Crippen LogP contribution in [-0.2, 0) is 11.2 Å². The van der Waals surface area contributed by atoms with Crippen molar-refractivity contribution < 1.29 is 9.18 Å². The fraction of sp³-hybridized carbons (Fsp3) is 0.200. The van der Waals surface area contributed by atoms with Crippen molar-refractivity contribution in [2.75, 3.05) is 5.32 Å². The molecule has 0 bridgehead atoms. The molecule has 0 aliphatic carbocycles. The van der Waals surface area contributed by atoms with E-state index in [0.29, 0.717) is 16.7 Å². The smallest absolute Gasteiger partial charge is 0.268 e. The first-order chi connectivity index (χ1) is 13.5. The minimum absolute atomic E-state index is 0.0670. The molecule has 0 saturated carbocycles. The summed E-state index contributed by atoms with van der Waals surface area (Å²) < 4.78 is 14.9. The van der Waals surface area contributed by atoms with E-state index in [0.717, 1.165) is 17.1 Å². The molecule has 0 aliphatic heterocycles. The van der Waals surface area contributed by atoms with Gasteiger partial charge in [0.2, 0.25) is 5.13 Å². The number of nitriles is 1. The molecular formula is C20H18FN5OS. The molecule has 0 saturated heterocycles. The summed E-state index contributed by atoms with van der Waals surface area (Å²) >= 11 is 1.30. The van der Waals surface area contributed by atoms with Gasteiger partial charge in [0.05, 0.1) is 0 Å². The molecule has 1 aromatic carbocycles. The van der Waals surface area contributed by atoms with Crippen molar-refractivity contribution in [2.24, 2.45) is 5.92 Å². The van der Waals surface area contributed by atoms with Crippen LogP contribution in [0, 0.1) is 23.1 Å². The summed E-state index contributed by atoms with van der Waals surface area (Å²) in [5.74, 6) is -0.453. The summed E-state index contributed by atoms with van der Waals surface area (Å²) in [7, 11) is 0. The Labute approximate surface area is 166 Å². The van der Waals surface area contributed by atoms with Gasteiger partial charge >= 0.3 is 0 Å². The number of nitrogens with zero attached hydrogens (tertiary/aromatic N) is 4. The molecule has 3 aromatic rings. The Bertz CT molecular complexity index is 1040. The predicted octanol–water partition coefficient (Wildman–Crippen LogP) is 4.21. The van der Waals surface area contributed by atoms with Crippen LogP contribution in [0.5, 0.6) is 0 Å². The first-order valence-electron chi connectivity index (χ1n) is 8.65. The molecule has 1 amide bonds. The van der Waals surface area contributed by atoms with Gasteiger partial charge in [0.15, 0.2) is 0 Å². The SMILES string of the molecule is CC(C)Cc1nnc(NC(=O)/C(C#N)=C\c2cccn2-c2ccc(F)cc2)s1. The molecule has 6 nitrogen and oxygen atoms in total. The topological polar surface area (TPSA) is 83.6 Å². The largest absolute Gasteiger partial charge is 0.317 e. The number of benzene rings is 1. The quantitative estimate of drug-likeness (QED) is 0.500. The van der Waals surface area contributed by atoms with Gasteiger partial charge in [0.1, 0.15) is 22.5 Å². The van der Waals surface area contributed by atoms with Crippen LogP contribution in [0.15, 0.2) is 48.2 Å². The van der Waals surface area contributed by atoms with Crippen molar-refractivity contribution in [2.45, 2.75) is 20.3 Å². The Hall–Kier alpha value is -3.31. The highest BCUT2D eigenvalue weighted by Crippen LogP contribution is 2.20. The van der Waals surface area contributed by atoms with E-state index < -0.39 is 5.91 Å². The monoisotopic (exact) mass is 395 g/mol. The standard InChI is InChI=1S/C20H18FN5OS/c1-13(2)10-18-24-25-20(28-18)23-19(27)14(12-22)11-17-4-3-9-26(17)16-7-5-15(21)6-8-16/h3-9,11,13H,10H2,1-2H3,(H,23,25,27)/b14-11-. The highest BCUT2D eigenvalue weighted by atomic mass is 32.1. The molecule has 0 aliphatic rings. The number of carbonyl (C=O) groups is 1. The van der Waals surface area contributed by atoms with Gasteiger partial charge in [-0.15, -0.1) is 10.2 Å². The van der Waals surface area contributed by atoms with Crippen LogP contribution < -0.4 is 5.32 Å². The number of halogens is 1. The van der Waals surface area contributed by atoms with Gasteiger partial charge in [-0.25, -0.2) is 4.39 Å². The summed E-state index contributed by atoms with van der Waals surface area (Å²) in [4.78, 5) is 12.5. The average Bonchev–Trinajstić information content (AvgIpc) is 3.29. The summed E-state index contributed by atoms with van der Waals surface area (Å²) in [5, 5.41) is 21.2. The van der Waals surface area contributed by atoms with Crippen LogP contribution in [-0.4, -0.2) is 20.7 Å². The normalized spacial score (nSPS) is 11.5. The minimum Gasteiger partial charge on any atom is -0.317 e. The van der Waals surface area contributed by atoms with Crippen LogP contribution in [0.2, 0.25) is 0 Å². The molecule has 0 fully saturated rings. The van der Waals surface area contributed by atoms with Gasteiger partial charge in [0.25, 0.3) is 5.91 Å². The summed E-state index contributed by atoms with van der Waals surface area (Å²) in [6.45, 7) is 4.15. The maximum absolute atomic E-state index is 13.2. The number of rotatable bonds is 6. The van der Waals surface area contributed by atoms with Gasteiger partial charge in [-0.3, -0.25) is 10.1 Å². The second-order valence-corrected chi connectivity index (χ2v) is 7.56. The lowest BCUT2D eigenvalue weighted by Crippen LogP contribution is -2.13. The Morgan fingerprint density at radius 3 is 2.75 bits per heavy atom. The minimum atomic E-state index is -0.554. The van der Waals surface area contributed by atoms with E-state index in [1.54, 1.807) is 35.0 Å². The van der Waals surface area contributed by atoms with Crippen molar-refractivity contribution in [1.82, 2.24) is 14.8 Å². The van der Waals surface area contributed by atoms with Gasteiger partial charge in [-0.05, 0) is 48.4 Å².